The van der Waals surface area contributed by atoms with Gasteiger partial charge in [0.25, 0.3) is 5.56 Å². The molecule has 27 heavy (non-hydrogen) atoms. The number of alkyl halides is 3. The summed E-state index contributed by atoms with van der Waals surface area (Å²) in [5.74, 6) is 0.297. The maximum atomic E-state index is 12.7. The Balaban J connectivity index is 1.61. The molecule has 1 aromatic carbocycles. The molecule has 0 bridgehead atoms. The van der Waals surface area contributed by atoms with E-state index in [1.165, 1.54) is 17.0 Å². The van der Waals surface area contributed by atoms with Crippen LogP contribution >= 0.6 is 11.3 Å². The number of aromatic nitrogens is 2. The lowest BCUT2D eigenvalue weighted by molar-refractivity contribution is -0.137. The van der Waals surface area contributed by atoms with Gasteiger partial charge in [0, 0.05) is 35.6 Å². The Kier molecular flexibility index (Phi) is 4.61. The number of benzene rings is 1. The molecule has 1 N–H and O–H groups in total. The fraction of sp³-hybridized carbons (Fsp3) is 0.263. The summed E-state index contributed by atoms with van der Waals surface area (Å²) in [4.78, 5) is 23.1. The van der Waals surface area contributed by atoms with Crippen LogP contribution in [0.5, 0.6) is 0 Å². The Morgan fingerprint density at radius 1 is 1.19 bits per heavy atom. The quantitative estimate of drug-likeness (QED) is 0.732. The Morgan fingerprint density at radius 3 is 2.63 bits per heavy atom. The first-order valence-corrected chi connectivity index (χ1v) is 9.32. The molecule has 0 fully saturated rings. The van der Waals surface area contributed by atoms with Crippen molar-refractivity contribution < 1.29 is 13.2 Å². The van der Waals surface area contributed by atoms with Gasteiger partial charge in [-0.15, -0.1) is 11.3 Å². The Bertz CT molecular complexity index is 995. The second-order valence-electron chi connectivity index (χ2n) is 6.45. The van der Waals surface area contributed by atoms with Crippen LogP contribution in [0.15, 0.2) is 46.6 Å². The van der Waals surface area contributed by atoms with Crippen LogP contribution in [0.1, 0.15) is 21.7 Å². The predicted molar refractivity (Wildman–Crippen MR) is 97.4 cm³/mol. The Hall–Kier alpha value is -2.45. The van der Waals surface area contributed by atoms with E-state index in [4.69, 9.17) is 0 Å². The summed E-state index contributed by atoms with van der Waals surface area (Å²) in [6.45, 7) is 2.11. The van der Waals surface area contributed by atoms with Crippen molar-refractivity contribution in [3.05, 3.63) is 73.8 Å². The third-order valence-electron chi connectivity index (χ3n) is 4.60. The highest BCUT2D eigenvalue weighted by molar-refractivity contribution is 7.09. The average Bonchev–Trinajstić information content (AvgIpc) is 3.14. The van der Waals surface area contributed by atoms with E-state index in [1.807, 2.05) is 11.4 Å². The molecule has 0 saturated heterocycles. The van der Waals surface area contributed by atoms with Crippen LogP contribution in [0.2, 0.25) is 0 Å². The molecular formula is C19H16F3N3OS. The van der Waals surface area contributed by atoms with Crippen LogP contribution in [-0.2, 0) is 25.7 Å². The average molecular weight is 391 g/mol. The van der Waals surface area contributed by atoms with E-state index in [-0.39, 0.29) is 5.56 Å². The van der Waals surface area contributed by atoms with Gasteiger partial charge in [0.1, 0.15) is 5.82 Å². The van der Waals surface area contributed by atoms with Gasteiger partial charge in [-0.05, 0) is 30.0 Å². The number of nitrogens with one attached hydrogen (secondary N) is 1. The van der Waals surface area contributed by atoms with Gasteiger partial charge in [-0.1, -0.05) is 18.2 Å². The summed E-state index contributed by atoms with van der Waals surface area (Å²) in [5.41, 5.74) is 0.863. The Labute approximate surface area is 157 Å². The van der Waals surface area contributed by atoms with Gasteiger partial charge >= 0.3 is 6.18 Å². The summed E-state index contributed by atoms with van der Waals surface area (Å²) in [5, 5.41) is 2.03. The zero-order valence-electron chi connectivity index (χ0n) is 14.2. The summed E-state index contributed by atoms with van der Waals surface area (Å²) in [6, 6.07) is 8.73. The molecular weight excluding hydrogens is 375 g/mol. The molecule has 1 aliphatic rings. The first-order chi connectivity index (χ1) is 12.9. The van der Waals surface area contributed by atoms with Crippen LogP contribution in [-0.4, -0.2) is 21.4 Å². The SMILES string of the molecule is O=c1[nH]c(-c2ccc(C(F)(F)F)cc2)nc2c1CCN(Cc1cccs1)C2. The van der Waals surface area contributed by atoms with Crippen molar-refractivity contribution in [1.29, 1.82) is 0 Å². The van der Waals surface area contributed by atoms with Crippen molar-refractivity contribution >= 4 is 11.3 Å². The number of rotatable bonds is 3. The topological polar surface area (TPSA) is 49.0 Å². The van der Waals surface area contributed by atoms with E-state index in [0.717, 1.165) is 25.2 Å². The first kappa shape index (κ1) is 17.9. The van der Waals surface area contributed by atoms with Crippen LogP contribution in [0.4, 0.5) is 13.2 Å². The molecule has 0 amide bonds. The maximum Gasteiger partial charge on any atom is 0.416 e. The van der Waals surface area contributed by atoms with Crippen molar-refractivity contribution in [1.82, 2.24) is 14.9 Å². The van der Waals surface area contributed by atoms with Gasteiger partial charge in [-0.2, -0.15) is 13.2 Å². The number of nitrogens with zero attached hydrogens (tertiary/aromatic N) is 2. The second kappa shape index (κ2) is 6.94. The maximum absolute atomic E-state index is 12.7. The number of fused-ring (bicyclic) bond motifs is 1. The van der Waals surface area contributed by atoms with Gasteiger partial charge in [0.05, 0.1) is 11.3 Å². The third-order valence-corrected chi connectivity index (χ3v) is 5.46. The van der Waals surface area contributed by atoms with Crippen molar-refractivity contribution in [3.63, 3.8) is 0 Å². The van der Waals surface area contributed by atoms with E-state index in [0.29, 0.717) is 35.6 Å². The minimum absolute atomic E-state index is 0.217. The largest absolute Gasteiger partial charge is 0.416 e. The molecule has 3 aromatic rings. The molecule has 4 nitrogen and oxygen atoms in total. The molecule has 8 heteroatoms. The zero-order chi connectivity index (χ0) is 19.0. The number of hydrogen-bond acceptors (Lipinski definition) is 4. The number of thiophene rings is 1. The highest BCUT2D eigenvalue weighted by atomic mass is 32.1. The minimum atomic E-state index is -4.39. The van der Waals surface area contributed by atoms with Gasteiger partial charge in [-0.25, -0.2) is 4.98 Å². The van der Waals surface area contributed by atoms with Gasteiger partial charge in [0.2, 0.25) is 0 Å². The minimum Gasteiger partial charge on any atom is -0.306 e. The van der Waals surface area contributed by atoms with Crippen molar-refractivity contribution in [2.75, 3.05) is 6.54 Å². The lowest BCUT2D eigenvalue weighted by Gasteiger charge is -2.27. The molecule has 0 unspecified atom stereocenters. The fourth-order valence-electron chi connectivity index (χ4n) is 3.21. The number of hydrogen-bond donors (Lipinski definition) is 1. The second-order valence-corrected chi connectivity index (χ2v) is 7.49. The smallest absolute Gasteiger partial charge is 0.306 e. The van der Waals surface area contributed by atoms with Gasteiger partial charge in [-0.3, -0.25) is 9.69 Å². The molecule has 3 heterocycles. The zero-order valence-corrected chi connectivity index (χ0v) is 15.0. The predicted octanol–water partition coefficient (Wildman–Crippen LogP) is 4.08. The van der Waals surface area contributed by atoms with E-state index >= 15 is 0 Å². The van der Waals surface area contributed by atoms with Crippen LogP contribution < -0.4 is 5.56 Å². The molecule has 0 saturated carbocycles. The highest BCUT2D eigenvalue weighted by Gasteiger charge is 2.30. The van der Waals surface area contributed by atoms with Crippen LogP contribution in [0.25, 0.3) is 11.4 Å². The molecule has 4 rings (SSSR count). The summed E-state index contributed by atoms with van der Waals surface area (Å²) < 4.78 is 38.2. The summed E-state index contributed by atoms with van der Waals surface area (Å²) >= 11 is 1.68. The molecule has 0 radical (unpaired) electrons. The normalized spacial score (nSPS) is 14.9. The van der Waals surface area contributed by atoms with E-state index in [1.54, 1.807) is 11.3 Å². The number of halogens is 3. The van der Waals surface area contributed by atoms with E-state index in [9.17, 15) is 18.0 Å². The fourth-order valence-corrected chi connectivity index (χ4v) is 3.95. The summed E-state index contributed by atoms with van der Waals surface area (Å²) in [7, 11) is 0. The van der Waals surface area contributed by atoms with Crippen molar-refractivity contribution in [2.24, 2.45) is 0 Å². The monoisotopic (exact) mass is 391 g/mol. The molecule has 0 spiro atoms. The summed E-state index contributed by atoms with van der Waals surface area (Å²) in [6.07, 6.45) is -3.78. The Morgan fingerprint density at radius 2 is 1.96 bits per heavy atom. The molecule has 140 valence electrons. The molecule has 0 atom stereocenters. The van der Waals surface area contributed by atoms with E-state index < -0.39 is 11.7 Å². The lowest BCUT2D eigenvalue weighted by atomic mass is 10.1. The standard InChI is InChI=1S/C19H16F3N3OS/c20-19(21,22)13-5-3-12(4-6-13)17-23-16-11-25(10-14-2-1-9-27-14)8-7-15(16)18(26)24-17/h1-6,9H,7-8,10-11H2,(H,23,24,26). The number of H-pyrrole nitrogens is 1. The highest BCUT2D eigenvalue weighted by Crippen LogP contribution is 2.30. The van der Waals surface area contributed by atoms with Crippen LogP contribution in [0, 0.1) is 0 Å². The van der Waals surface area contributed by atoms with E-state index in [2.05, 4.69) is 20.9 Å². The van der Waals surface area contributed by atoms with Crippen molar-refractivity contribution in [3.8, 4) is 11.4 Å². The third kappa shape index (κ3) is 3.81. The molecule has 1 aliphatic heterocycles. The molecule has 0 aliphatic carbocycles. The first-order valence-electron chi connectivity index (χ1n) is 8.44. The van der Waals surface area contributed by atoms with Gasteiger partial charge in [0.15, 0.2) is 0 Å². The number of aromatic amines is 1. The lowest BCUT2D eigenvalue weighted by Crippen LogP contribution is -2.34. The van der Waals surface area contributed by atoms with Crippen LogP contribution in [0.3, 0.4) is 0 Å². The molecule has 2 aromatic heterocycles. The van der Waals surface area contributed by atoms with Crippen molar-refractivity contribution in [2.45, 2.75) is 25.7 Å². The van der Waals surface area contributed by atoms with Gasteiger partial charge < -0.3 is 4.98 Å².